The lowest BCUT2D eigenvalue weighted by molar-refractivity contribution is 0.0949. The van der Waals surface area contributed by atoms with Crippen LogP contribution in [0.3, 0.4) is 0 Å². The first kappa shape index (κ1) is 17.6. The van der Waals surface area contributed by atoms with Gasteiger partial charge in [-0.2, -0.15) is 0 Å². The molecular formula is C14H17ClFN3OS. The molecule has 0 aliphatic rings. The Bertz CT molecular complexity index is 618. The lowest BCUT2D eigenvalue weighted by atomic mass is 10.1. The van der Waals surface area contributed by atoms with Crippen LogP contribution >= 0.6 is 23.7 Å². The summed E-state index contributed by atoms with van der Waals surface area (Å²) in [5.41, 5.74) is 7.76. The second kappa shape index (κ2) is 8.07. The predicted octanol–water partition coefficient (Wildman–Crippen LogP) is 2.44. The molecule has 0 aliphatic carbocycles. The molecule has 1 amide bonds. The van der Waals surface area contributed by atoms with Crippen molar-refractivity contribution in [2.45, 2.75) is 19.9 Å². The van der Waals surface area contributed by atoms with Crippen molar-refractivity contribution in [1.82, 2.24) is 10.3 Å². The van der Waals surface area contributed by atoms with Crippen molar-refractivity contribution in [3.8, 4) is 0 Å². The van der Waals surface area contributed by atoms with Gasteiger partial charge >= 0.3 is 0 Å². The van der Waals surface area contributed by atoms with E-state index in [4.69, 9.17) is 5.73 Å². The number of hydrogen-bond donors (Lipinski definition) is 2. The second-order valence-corrected chi connectivity index (χ2v) is 5.35. The minimum absolute atomic E-state index is 0. The first-order chi connectivity index (χ1) is 9.60. The first-order valence-electron chi connectivity index (χ1n) is 6.28. The summed E-state index contributed by atoms with van der Waals surface area (Å²) in [6.45, 7) is 2.68. The van der Waals surface area contributed by atoms with Crippen molar-refractivity contribution in [2.75, 3.05) is 6.54 Å². The molecule has 0 saturated carbocycles. The number of aromatic nitrogens is 1. The van der Waals surface area contributed by atoms with Crippen molar-refractivity contribution in [3.05, 3.63) is 51.2 Å². The third kappa shape index (κ3) is 4.77. The third-order valence-corrected chi connectivity index (χ3v) is 3.81. The van der Waals surface area contributed by atoms with Crippen LogP contribution in [0.2, 0.25) is 0 Å². The molecule has 2 aromatic rings. The van der Waals surface area contributed by atoms with Gasteiger partial charge in [-0.05, 0) is 36.6 Å². The fourth-order valence-electron chi connectivity index (χ4n) is 1.85. The van der Waals surface area contributed by atoms with E-state index in [-0.39, 0.29) is 24.1 Å². The van der Waals surface area contributed by atoms with E-state index in [9.17, 15) is 9.18 Å². The van der Waals surface area contributed by atoms with Gasteiger partial charge in [0.25, 0.3) is 5.91 Å². The van der Waals surface area contributed by atoms with Crippen LogP contribution in [0.5, 0.6) is 0 Å². The molecule has 0 bridgehead atoms. The number of carbonyl (C=O) groups is 1. The van der Waals surface area contributed by atoms with Crippen LogP contribution in [0.25, 0.3) is 0 Å². The third-order valence-electron chi connectivity index (χ3n) is 2.94. The number of halogens is 2. The average Bonchev–Trinajstić information content (AvgIpc) is 2.90. The molecule has 1 heterocycles. The Kier molecular flexibility index (Phi) is 6.74. The molecule has 2 rings (SSSR count). The summed E-state index contributed by atoms with van der Waals surface area (Å²) in [4.78, 5) is 16.0. The van der Waals surface area contributed by atoms with Crippen molar-refractivity contribution in [1.29, 1.82) is 0 Å². The van der Waals surface area contributed by atoms with Crippen LogP contribution in [-0.2, 0) is 13.0 Å². The zero-order valence-electron chi connectivity index (χ0n) is 11.6. The normalized spacial score (nSPS) is 10.0. The lowest BCUT2D eigenvalue weighted by Crippen LogP contribution is -2.26. The summed E-state index contributed by atoms with van der Waals surface area (Å²) < 4.78 is 13.0. The van der Waals surface area contributed by atoms with Crippen molar-refractivity contribution in [3.63, 3.8) is 0 Å². The molecule has 3 N–H and O–H groups in total. The van der Waals surface area contributed by atoms with Crippen LogP contribution < -0.4 is 11.1 Å². The Morgan fingerprint density at radius 2 is 2.24 bits per heavy atom. The smallest absolute Gasteiger partial charge is 0.270 e. The minimum atomic E-state index is -0.243. The highest BCUT2D eigenvalue weighted by Gasteiger charge is 2.09. The Morgan fingerprint density at radius 1 is 1.48 bits per heavy atom. The number of thiazole rings is 1. The maximum absolute atomic E-state index is 13.0. The molecular weight excluding hydrogens is 313 g/mol. The summed E-state index contributed by atoms with van der Waals surface area (Å²) >= 11 is 1.37. The standard InChI is InChI=1S/C14H16FN3OS.ClH/c1-9-6-11(15)3-2-10(9)4-5-17-14(19)12-8-20-13(7-16)18-12;/h2-3,6,8H,4-5,7,16H2,1H3,(H,17,19);1H. The number of benzene rings is 1. The monoisotopic (exact) mass is 329 g/mol. The molecule has 4 nitrogen and oxygen atoms in total. The number of aryl methyl sites for hydroxylation is 1. The summed E-state index contributed by atoms with van der Waals surface area (Å²) in [5, 5.41) is 5.23. The van der Waals surface area contributed by atoms with Gasteiger partial charge < -0.3 is 11.1 Å². The molecule has 0 radical (unpaired) electrons. The fraction of sp³-hybridized carbons (Fsp3) is 0.286. The van der Waals surface area contributed by atoms with E-state index in [0.29, 0.717) is 25.2 Å². The van der Waals surface area contributed by atoms with E-state index >= 15 is 0 Å². The van der Waals surface area contributed by atoms with Gasteiger partial charge in [0.2, 0.25) is 0 Å². The van der Waals surface area contributed by atoms with Gasteiger partial charge in [0.1, 0.15) is 16.5 Å². The molecule has 0 fully saturated rings. The number of rotatable bonds is 5. The molecule has 0 atom stereocenters. The number of nitrogens with zero attached hydrogens (tertiary/aromatic N) is 1. The Labute approximate surface area is 133 Å². The summed E-state index contributed by atoms with van der Waals surface area (Å²) in [6.07, 6.45) is 0.658. The van der Waals surface area contributed by atoms with E-state index in [1.807, 2.05) is 6.92 Å². The quantitative estimate of drug-likeness (QED) is 0.885. The topological polar surface area (TPSA) is 68.0 Å². The van der Waals surface area contributed by atoms with Gasteiger partial charge in [-0.1, -0.05) is 6.07 Å². The van der Waals surface area contributed by atoms with E-state index in [1.54, 1.807) is 11.4 Å². The average molecular weight is 330 g/mol. The highest BCUT2D eigenvalue weighted by molar-refractivity contribution is 7.09. The van der Waals surface area contributed by atoms with Crippen LogP contribution in [0.4, 0.5) is 4.39 Å². The van der Waals surface area contributed by atoms with Crippen LogP contribution in [0, 0.1) is 12.7 Å². The molecule has 1 aromatic carbocycles. The Balaban J connectivity index is 0.00000220. The predicted molar refractivity (Wildman–Crippen MR) is 84.4 cm³/mol. The fourth-order valence-corrected chi connectivity index (χ4v) is 2.50. The summed E-state index contributed by atoms with van der Waals surface area (Å²) in [6, 6.07) is 4.66. The first-order valence-corrected chi connectivity index (χ1v) is 7.16. The van der Waals surface area contributed by atoms with E-state index in [1.165, 1.54) is 23.5 Å². The second-order valence-electron chi connectivity index (χ2n) is 4.41. The summed E-state index contributed by atoms with van der Waals surface area (Å²) in [5.74, 6) is -0.451. The zero-order chi connectivity index (χ0) is 14.5. The molecule has 0 saturated heterocycles. The van der Waals surface area contributed by atoms with Crippen molar-refractivity contribution < 1.29 is 9.18 Å². The largest absolute Gasteiger partial charge is 0.350 e. The number of hydrogen-bond acceptors (Lipinski definition) is 4. The number of carbonyl (C=O) groups excluding carboxylic acids is 1. The lowest BCUT2D eigenvalue weighted by Gasteiger charge is -2.06. The highest BCUT2D eigenvalue weighted by atomic mass is 35.5. The van der Waals surface area contributed by atoms with Crippen molar-refractivity contribution in [2.24, 2.45) is 5.73 Å². The molecule has 21 heavy (non-hydrogen) atoms. The molecule has 0 unspecified atom stereocenters. The van der Waals surface area contributed by atoms with Crippen LogP contribution in [0.15, 0.2) is 23.6 Å². The zero-order valence-corrected chi connectivity index (χ0v) is 13.2. The molecule has 114 valence electrons. The maximum Gasteiger partial charge on any atom is 0.270 e. The van der Waals surface area contributed by atoms with Gasteiger partial charge in [0, 0.05) is 18.5 Å². The van der Waals surface area contributed by atoms with E-state index in [2.05, 4.69) is 10.3 Å². The van der Waals surface area contributed by atoms with Gasteiger partial charge in [-0.15, -0.1) is 23.7 Å². The SMILES string of the molecule is Cc1cc(F)ccc1CCNC(=O)c1csc(CN)n1.Cl. The maximum atomic E-state index is 13.0. The van der Waals surface area contributed by atoms with Gasteiger partial charge in [0.15, 0.2) is 0 Å². The molecule has 7 heteroatoms. The van der Waals surface area contributed by atoms with Gasteiger partial charge in [-0.25, -0.2) is 9.37 Å². The molecule has 0 spiro atoms. The van der Waals surface area contributed by atoms with Gasteiger partial charge in [0.05, 0.1) is 0 Å². The van der Waals surface area contributed by atoms with Crippen molar-refractivity contribution >= 4 is 29.7 Å². The molecule has 1 aromatic heterocycles. The summed E-state index contributed by atoms with van der Waals surface area (Å²) in [7, 11) is 0. The van der Waals surface area contributed by atoms with E-state index in [0.717, 1.165) is 16.1 Å². The van der Waals surface area contributed by atoms with Crippen LogP contribution in [-0.4, -0.2) is 17.4 Å². The Hall–Kier alpha value is -1.50. The number of nitrogens with one attached hydrogen (secondary N) is 1. The van der Waals surface area contributed by atoms with Crippen LogP contribution in [0.1, 0.15) is 26.6 Å². The molecule has 0 aliphatic heterocycles. The van der Waals surface area contributed by atoms with Gasteiger partial charge in [-0.3, -0.25) is 4.79 Å². The highest BCUT2D eigenvalue weighted by Crippen LogP contribution is 2.11. The van der Waals surface area contributed by atoms with E-state index < -0.39 is 0 Å². The number of amides is 1. The number of nitrogens with two attached hydrogens (primary N) is 1. The Morgan fingerprint density at radius 3 is 2.86 bits per heavy atom. The minimum Gasteiger partial charge on any atom is -0.350 e.